The van der Waals surface area contributed by atoms with E-state index in [4.69, 9.17) is 25.5 Å². The minimum atomic E-state index is 0. The van der Waals surface area contributed by atoms with Crippen LogP contribution in [0.5, 0.6) is 11.5 Å². The van der Waals surface area contributed by atoms with Crippen molar-refractivity contribution in [3.63, 3.8) is 0 Å². The second kappa shape index (κ2) is 13.0. The first-order chi connectivity index (χ1) is 14.7. The highest BCUT2D eigenvalue weighted by Crippen LogP contribution is 2.36. The smallest absolute Gasteiger partial charge is 0.191 e. The number of likely N-dealkylation sites (tertiary alicyclic amines) is 1. The quantitative estimate of drug-likeness (QED) is 0.267. The molecule has 3 rings (SSSR count). The van der Waals surface area contributed by atoms with Crippen molar-refractivity contribution < 1.29 is 13.9 Å². The minimum Gasteiger partial charge on any atom is -0.493 e. The van der Waals surface area contributed by atoms with Crippen LogP contribution in [-0.4, -0.2) is 51.3 Å². The van der Waals surface area contributed by atoms with E-state index in [1.54, 1.807) is 20.4 Å². The molecular weight excluding hydrogens is 531 g/mol. The van der Waals surface area contributed by atoms with Crippen LogP contribution in [-0.2, 0) is 6.54 Å². The molecule has 1 unspecified atom stereocenters. The van der Waals surface area contributed by atoms with Crippen molar-refractivity contribution in [1.29, 1.82) is 0 Å². The fourth-order valence-electron chi connectivity index (χ4n) is 3.70. The van der Waals surface area contributed by atoms with Crippen LogP contribution < -0.4 is 20.1 Å². The van der Waals surface area contributed by atoms with Gasteiger partial charge < -0.3 is 24.5 Å². The van der Waals surface area contributed by atoms with Crippen LogP contribution >= 0.6 is 35.6 Å². The topological polar surface area (TPSA) is 71.3 Å². The standard InChI is InChI=1S/C22H31ClN4O3.HI/c1-4-29-21-17(23)12-16(13-20(21)28-3)14-25-22(24-2)26-15-18(19-8-7-11-30-19)27-9-5-6-10-27;/h7-8,11-13,18H,4-6,9-10,14-15H2,1-3H3,(H2,24,25,26);1H. The number of ether oxygens (including phenoxy) is 2. The zero-order valence-corrected chi connectivity index (χ0v) is 21.4. The van der Waals surface area contributed by atoms with Gasteiger partial charge >= 0.3 is 0 Å². The van der Waals surface area contributed by atoms with Gasteiger partial charge in [0.1, 0.15) is 5.76 Å². The number of nitrogens with one attached hydrogen (secondary N) is 2. The molecule has 0 amide bonds. The van der Waals surface area contributed by atoms with E-state index in [9.17, 15) is 0 Å². The number of benzene rings is 1. The second-order valence-electron chi connectivity index (χ2n) is 7.12. The number of nitrogens with zero attached hydrogens (tertiary/aromatic N) is 2. The van der Waals surface area contributed by atoms with E-state index in [1.807, 2.05) is 31.2 Å². The summed E-state index contributed by atoms with van der Waals surface area (Å²) in [5.74, 6) is 2.88. The Balaban J connectivity index is 0.00000341. The number of guanidine groups is 1. The molecule has 0 radical (unpaired) electrons. The third-order valence-electron chi connectivity index (χ3n) is 5.18. The molecule has 2 heterocycles. The van der Waals surface area contributed by atoms with Crippen molar-refractivity contribution in [2.75, 3.05) is 40.4 Å². The molecule has 0 aliphatic carbocycles. The number of aliphatic imine (C=N–C) groups is 1. The van der Waals surface area contributed by atoms with Crippen LogP contribution in [0.3, 0.4) is 0 Å². The Bertz CT molecular complexity index is 826. The van der Waals surface area contributed by atoms with Crippen molar-refractivity contribution in [2.24, 2.45) is 4.99 Å². The number of furan rings is 1. The fraction of sp³-hybridized carbons (Fsp3) is 0.500. The Morgan fingerprint density at radius 1 is 1.29 bits per heavy atom. The molecule has 1 saturated heterocycles. The highest BCUT2D eigenvalue weighted by atomic mass is 127. The molecule has 0 saturated carbocycles. The first kappa shape index (κ1) is 25.6. The van der Waals surface area contributed by atoms with Crippen molar-refractivity contribution in [2.45, 2.75) is 32.4 Å². The molecule has 1 aromatic carbocycles. The minimum absolute atomic E-state index is 0. The summed E-state index contributed by atoms with van der Waals surface area (Å²) in [6.45, 7) is 5.88. The molecule has 2 aromatic rings. The highest BCUT2D eigenvalue weighted by Gasteiger charge is 2.25. The number of rotatable bonds is 9. The predicted molar refractivity (Wildman–Crippen MR) is 135 cm³/mol. The van der Waals surface area contributed by atoms with Gasteiger partial charge in [0.15, 0.2) is 17.5 Å². The van der Waals surface area contributed by atoms with Crippen LogP contribution in [0.4, 0.5) is 0 Å². The summed E-state index contributed by atoms with van der Waals surface area (Å²) in [6.07, 6.45) is 4.18. The zero-order chi connectivity index (χ0) is 21.3. The summed E-state index contributed by atoms with van der Waals surface area (Å²) in [6, 6.07) is 7.96. The predicted octanol–water partition coefficient (Wildman–Crippen LogP) is 4.46. The normalized spacial score (nSPS) is 15.3. The SMILES string of the molecule is CCOc1c(Cl)cc(CNC(=NC)NCC(c2ccco2)N2CCCC2)cc1OC.I. The summed E-state index contributed by atoms with van der Waals surface area (Å²) in [7, 11) is 3.37. The van der Waals surface area contributed by atoms with E-state index in [0.717, 1.165) is 30.4 Å². The Labute approximate surface area is 206 Å². The first-order valence-electron chi connectivity index (χ1n) is 10.4. The summed E-state index contributed by atoms with van der Waals surface area (Å²) >= 11 is 6.38. The Morgan fingerprint density at radius 3 is 2.68 bits per heavy atom. The molecule has 1 aromatic heterocycles. The molecular formula is C22H32ClIN4O3. The maximum Gasteiger partial charge on any atom is 0.191 e. The molecule has 1 aliphatic heterocycles. The Kier molecular flexibility index (Phi) is 10.8. The summed E-state index contributed by atoms with van der Waals surface area (Å²) in [5, 5.41) is 7.30. The van der Waals surface area contributed by atoms with E-state index < -0.39 is 0 Å². The summed E-state index contributed by atoms with van der Waals surface area (Å²) in [4.78, 5) is 6.81. The van der Waals surface area contributed by atoms with Gasteiger partial charge in [-0.2, -0.15) is 0 Å². The lowest BCUT2D eigenvalue weighted by molar-refractivity contribution is 0.215. The van der Waals surface area contributed by atoms with E-state index in [1.165, 1.54) is 12.8 Å². The van der Waals surface area contributed by atoms with E-state index in [0.29, 0.717) is 36.2 Å². The van der Waals surface area contributed by atoms with Crippen LogP contribution in [0.1, 0.15) is 37.1 Å². The van der Waals surface area contributed by atoms with E-state index in [2.05, 4.69) is 20.5 Å². The number of methoxy groups -OCH3 is 1. The molecule has 0 spiro atoms. The maximum atomic E-state index is 6.38. The number of hydrogen-bond donors (Lipinski definition) is 2. The fourth-order valence-corrected chi connectivity index (χ4v) is 3.99. The Morgan fingerprint density at radius 2 is 2.06 bits per heavy atom. The Hall–Kier alpha value is -1.65. The third-order valence-corrected chi connectivity index (χ3v) is 5.46. The second-order valence-corrected chi connectivity index (χ2v) is 7.53. The molecule has 7 nitrogen and oxygen atoms in total. The van der Waals surface area contributed by atoms with Gasteiger partial charge in [-0.25, -0.2) is 0 Å². The van der Waals surface area contributed by atoms with Gasteiger partial charge in [-0.05, 0) is 62.7 Å². The van der Waals surface area contributed by atoms with Crippen LogP contribution in [0.15, 0.2) is 39.9 Å². The van der Waals surface area contributed by atoms with Gasteiger partial charge in [0.05, 0.1) is 31.0 Å². The van der Waals surface area contributed by atoms with Crippen molar-refractivity contribution in [3.8, 4) is 11.5 Å². The monoisotopic (exact) mass is 562 g/mol. The third kappa shape index (κ3) is 6.92. The largest absolute Gasteiger partial charge is 0.493 e. The van der Waals surface area contributed by atoms with Crippen molar-refractivity contribution >= 4 is 41.5 Å². The molecule has 1 atom stereocenters. The van der Waals surface area contributed by atoms with Crippen LogP contribution in [0, 0.1) is 0 Å². The molecule has 1 fully saturated rings. The van der Waals surface area contributed by atoms with E-state index >= 15 is 0 Å². The molecule has 9 heteroatoms. The van der Waals surface area contributed by atoms with Crippen LogP contribution in [0.2, 0.25) is 5.02 Å². The average molecular weight is 563 g/mol. The molecule has 0 bridgehead atoms. The van der Waals surface area contributed by atoms with Gasteiger partial charge in [0.2, 0.25) is 0 Å². The van der Waals surface area contributed by atoms with Gasteiger partial charge in [-0.3, -0.25) is 9.89 Å². The lowest BCUT2D eigenvalue weighted by Gasteiger charge is -2.26. The zero-order valence-electron chi connectivity index (χ0n) is 18.3. The maximum absolute atomic E-state index is 6.38. The first-order valence-corrected chi connectivity index (χ1v) is 10.7. The number of hydrogen-bond acceptors (Lipinski definition) is 5. The summed E-state index contributed by atoms with van der Waals surface area (Å²) in [5.41, 5.74) is 0.977. The van der Waals surface area contributed by atoms with Gasteiger partial charge in [-0.1, -0.05) is 11.6 Å². The van der Waals surface area contributed by atoms with Gasteiger partial charge in [0, 0.05) is 20.1 Å². The van der Waals surface area contributed by atoms with Crippen molar-refractivity contribution in [3.05, 3.63) is 46.9 Å². The van der Waals surface area contributed by atoms with Crippen LogP contribution in [0.25, 0.3) is 0 Å². The highest BCUT2D eigenvalue weighted by molar-refractivity contribution is 14.0. The van der Waals surface area contributed by atoms with Gasteiger partial charge in [0.25, 0.3) is 0 Å². The lowest BCUT2D eigenvalue weighted by atomic mass is 10.2. The number of halogens is 2. The van der Waals surface area contributed by atoms with E-state index in [-0.39, 0.29) is 30.0 Å². The van der Waals surface area contributed by atoms with Gasteiger partial charge in [-0.15, -0.1) is 24.0 Å². The molecule has 31 heavy (non-hydrogen) atoms. The molecule has 1 aliphatic rings. The lowest BCUT2D eigenvalue weighted by Crippen LogP contribution is -2.42. The molecule has 2 N–H and O–H groups in total. The average Bonchev–Trinajstić information content (AvgIpc) is 3.47. The van der Waals surface area contributed by atoms with Crippen molar-refractivity contribution in [1.82, 2.24) is 15.5 Å². The summed E-state index contributed by atoms with van der Waals surface area (Å²) < 4.78 is 16.7. The molecule has 172 valence electrons.